The van der Waals surface area contributed by atoms with E-state index in [9.17, 15) is 8.42 Å². The maximum Gasteiger partial charge on any atom is 0.217 e. The molecule has 1 fully saturated rings. The van der Waals surface area contributed by atoms with E-state index in [1.165, 1.54) is 12.7 Å². The molecule has 1 aromatic rings. The number of hydrogen-bond acceptors (Lipinski definition) is 4. The summed E-state index contributed by atoms with van der Waals surface area (Å²) < 4.78 is 31.5. The lowest BCUT2D eigenvalue weighted by Gasteiger charge is -2.34. The lowest BCUT2D eigenvalue weighted by atomic mass is 9.78. The molecular formula is C12H20N2O3S. The smallest absolute Gasteiger partial charge is 0.217 e. The molecule has 1 N–H and O–H groups in total. The molecule has 0 amide bonds. The SMILES string of the molecule is C[C@H]1[C@H](C)CCC[C@H]1NS(=O)(=O)Cc1ccon1. The van der Waals surface area contributed by atoms with Gasteiger partial charge in [-0.15, -0.1) is 0 Å². The van der Waals surface area contributed by atoms with Gasteiger partial charge in [0.05, 0.1) is 5.69 Å². The number of hydrogen-bond donors (Lipinski definition) is 1. The zero-order chi connectivity index (χ0) is 13.2. The molecule has 1 aliphatic rings. The lowest BCUT2D eigenvalue weighted by molar-refractivity contribution is 0.227. The topological polar surface area (TPSA) is 72.2 Å². The van der Waals surface area contributed by atoms with Crippen LogP contribution in [0.4, 0.5) is 0 Å². The minimum absolute atomic E-state index is 0.0469. The van der Waals surface area contributed by atoms with Crippen molar-refractivity contribution in [1.29, 1.82) is 0 Å². The van der Waals surface area contributed by atoms with E-state index in [4.69, 9.17) is 0 Å². The third-order valence-electron chi connectivity index (χ3n) is 3.87. The minimum atomic E-state index is -3.33. The number of nitrogens with zero attached hydrogens (tertiary/aromatic N) is 1. The normalized spacial score (nSPS) is 29.3. The molecule has 0 aromatic carbocycles. The third kappa shape index (κ3) is 3.32. The van der Waals surface area contributed by atoms with E-state index in [2.05, 4.69) is 28.2 Å². The Hall–Kier alpha value is -0.880. The molecule has 0 saturated heterocycles. The fraction of sp³-hybridized carbons (Fsp3) is 0.750. The van der Waals surface area contributed by atoms with Gasteiger partial charge in [0, 0.05) is 12.1 Å². The van der Waals surface area contributed by atoms with Gasteiger partial charge < -0.3 is 4.52 Å². The summed E-state index contributed by atoms with van der Waals surface area (Å²) >= 11 is 0. The van der Waals surface area contributed by atoms with Crippen LogP contribution in [0.15, 0.2) is 16.9 Å². The average molecular weight is 272 g/mol. The molecule has 102 valence electrons. The van der Waals surface area contributed by atoms with Gasteiger partial charge in [-0.3, -0.25) is 0 Å². The first-order chi connectivity index (χ1) is 8.48. The summed E-state index contributed by atoms with van der Waals surface area (Å²) in [5, 5.41) is 3.63. The highest BCUT2D eigenvalue weighted by atomic mass is 32.2. The standard InChI is InChI=1S/C12H20N2O3S/c1-9-4-3-5-12(10(9)2)14-18(15,16)8-11-6-7-17-13-11/h6-7,9-10,12,14H,3-5,8H2,1-2H3/t9-,10+,12-/m1/s1. The van der Waals surface area contributed by atoms with Crippen molar-refractivity contribution in [3.8, 4) is 0 Å². The van der Waals surface area contributed by atoms with Crippen LogP contribution in [0, 0.1) is 11.8 Å². The quantitative estimate of drug-likeness (QED) is 0.909. The average Bonchev–Trinajstić information content (AvgIpc) is 2.76. The van der Waals surface area contributed by atoms with E-state index in [1.807, 2.05) is 0 Å². The first-order valence-corrected chi connectivity index (χ1v) is 8.02. The second kappa shape index (κ2) is 5.40. The van der Waals surface area contributed by atoms with Gasteiger partial charge >= 0.3 is 0 Å². The van der Waals surface area contributed by atoms with Gasteiger partial charge in [0.25, 0.3) is 0 Å². The Morgan fingerprint density at radius 3 is 2.89 bits per heavy atom. The molecule has 0 unspecified atom stereocenters. The van der Waals surface area contributed by atoms with Gasteiger partial charge in [0.2, 0.25) is 10.0 Å². The summed E-state index contributed by atoms with van der Waals surface area (Å²) in [4.78, 5) is 0. The number of rotatable bonds is 4. The van der Waals surface area contributed by atoms with E-state index in [0.717, 1.165) is 12.8 Å². The molecule has 1 saturated carbocycles. The lowest BCUT2D eigenvalue weighted by Crippen LogP contribution is -2.44. The van der Waals surface area contributed by atoms with Gasteiger partial charge in [-0.05, 0) is 18.3 Å². The van der Waals surface area contributed by atoms with Crippen LogP contribution in [-0.2, 0) is 15.8 Å². The maximum atomic E-state index is 12.0. The monoisotopic (exact) mass is 272 g/mol. The molecule has 1 aromatic heterocycles. The van der Waals surface area contributed by atoms with Crippen molar-refractivity contribution in [2.75, 3.05) is 0 Å². The van der Waals surface area contributed by atoms with Crippen LogP contribution in [0.2, 0.25) is 0 Å². The molecule has 3 atom stereocenters. The molecule has 6 heteroatoms. The van der Waals surface area contributed by atoms with Gasteiger partial charge in [0.1, 0.15) is 12.0 Å². The molecule has 0 bridgehead atoms. The first kappa shape index (κ1) is 13.5. The van der Waals surface area contributed by atoms with Gasteiger partial charge in [-0.1, -0.05) is 31.8 Å². The third-order valence-corrected chi connectivity index (χ3v) is 5.20. The van der Waals surface area contributed by atoms with Crippen LogP contribution in [0.5, 0.6) is 0 Å². The van der Waals surface area contributed by atoms with E-state index >= 15 is 0 Å². The Morgan fingerprint density at radius 2 is 2.22 bits per heavy atom. The second-order valence-corrected chi connectivity index (χ2v) is 7.00. The van der Waals surface area contributed by atoms with E-state index < -0.39 is 10.0 Å². The molecule has 0 spiro atoms. The van der Waals surface area contributed by atoms with Crippen molar-refractivity contribution in [2.24, 2.45) is 11.8 Å². The Bertz CT molecular complexity index is 470. The first-order valence-electron chi connectivity index (χ1n) is 6.37. The second-order valence-electron chi connectivity index (χ2n) is 5.24. The highest BCUT2D eigenvalue weighted by Gasteiger charge is 2.30. The van der Waals surface area contributed by atoms with Gasteiger partial charge in [-0.2, -0.15) is 0 Å². The van der Waals surface area contributed by atoms with Crippen molar-refractivity contribution in [3.63, 3.8) is 0 Å². The van der Waals surface area contributed by atoms with Crippen LogP contribution in [0.3, 0.4) is 0 Å². The molecule has 5 nitrogen and oxygen atoms in total. The molecule has 1 aliphatic carbocycles. The molecule has 2 rings (SSSR count). The molecule has 0 radical (unpaired) electrons. The van der Waals surface area contributed by atoms with Crippen molar-refractivity contribution in [2.45, 2.75) is 44.9 Å². The van der Waals surface area contributed by atoms with Crippen molar-refractivity contribution in [1.82, 2.24) is 9.88 Å². The predicted octanol–water partition coefficient (Wildman–Crippen LogP) is 1.92. The van der Waals surface area contributed by atoms with E-state index in [-0.39, 0.29) is 11.8 Å². The number of aromatic nitrogens is 1. The van der Waals surface area contributed by atoms with Gasteiger partial charge in [0.15, 0.2) is 0 Å². The van der Waals surface area contributed by atoms with Crippen LogP contribution >= 0.6 is 0 Å². The summed E-state index contributed by atoms with van der Waals surface area (Å²) in [5.41, 5.74) is 0.444. The minimum Gasteiger partial charge on any atom is -0.364 e. The Kier molecular flexibility index (Phi) is 4.07. The summed E-state index contributed by atoms with van der Waals surface area (Å²) in [6.45, 7) is 4.30. The maximum absolute atomic E-state index is 12.0. The molecule has 1 heterocycles. The summed E-state index contributed by atoms with van der Waals surface area (Å²) in [7, 11) is -3.33. The Morgan fingerprint density at radius 1 is 1.44 bits per heavy atom. The predicted molar refractivity (Wildman–Crippen MR) is 68.2 cm³/mol. The molecule has 0 aliphatic heterocycles. The highest BCUT2D eigenvalue weighted by Crippen LogP contribution is 2.30. The van der Waals surface area contributed by atoms with Crippen molar-refractivity contribution < 1.29 is 12.9 Å². The van der Waals surface area contributed by atoms with Crippen molar-refractivity contribution in [3.05, 3.63) is 18.0 Å². The fourth-order valence-corrected chi connectivity index (χ4v) is 3.94. The van der Waals surface area contributed by atoms with Crippen LogP contribution < -0.4 is 4.72 Å². The summed E-state index contributed by atoms with van der Waals surface area (Å²) in [6, 6.07) is 1.62. The molecular weight excluding hydrogens is 252 g/mol. The van der Waals surface area contributed by atoms with Crippen LogP contribution in [0.1, 0.15) is 38.8 Å². The Labute approximate surface area is 108 Å². The van der Waals surface area contributed by atoms with Gasteiger partial charge in [-0.25, -0.2) is 13.1 Å². The summed E-state index contributed by atoms with van der Waals surface area (Å²) in [5.74, 6) is 0.838. The number of nitrogens with one attached hydrogen (secondary N) is 1. The van der Waals surface area contributed by atoms with E-state index in [1.54, 1.807) is 6.07 Å². The zero-order valence-corrected chi connectivity index (χ0v) is 11.6. The molecule has 18 heavy (non-hydrogen) atoms. The Balaban J connectivity index is 1.99. The van der Waals surface area contributed by atoms with Crippen LogP contribution in [0.25, 0.3) is 0 Å². The van der Waals surface area contributed by atoms with Crippen molar-refractivity contribution >= 4 is 10.0 Å². The fourth-order valence-electron chi connectivity index (χ4n) is 2.53. The summed E-state index contributed by atoms with van der Waals surface area (Å²) in [6.07, 6.45) is 4.57. The van der Waals surface area contributed by atoms with Crippen LogP contribution in [-0.4, -0.2) is 19.6 Å². The largest absolute Gasteiger partial charge is 0.364 e. The van der Waals surface area contributed by atoms with E-state index in [0.29, 0.717) is 17.5 Å². The zero-order valence-electron chi connectivity index (χ0n) is 10.8. The number of sulfonamides is 1. The highest BCUT2D eigenvalue weighted by molar-refractivity contribution is 7.88.